The predicted molar refractivity (Wildman–Crippen MR) is 40.3 cm³/mol. The molecule has 0 saturated heterocycles. The van der Waals surface area contributed by atoms with Gasteiger partial charge in [0, 0.05) is 0 Å². The summed E-state index contributed by atoms with van der Waals surface area (Å²) in [7, 11) is 0. The molecular formula is C6H13NO6. The molecule has 0 aromatic carbocycles. The molecule has 78 valence electrons. The third kappa shape index (κ3) is 2.99. The Morgan fingerprint density at radius 2 is 2.08 bits per heavy atom. The quantitative estimate of drug-likeness (QED) is 0.187. The van der Waals surface area contributed by atoms with Crippen LogP contribution in [0.2, 0.25) is 1.41 Å². The van der Waals surface area contributed by atoms with Crippen LogP contribution in [-0.4, -0.2) is 62.5 Å². The molecular weight excluding hydrogens is 182 g/mol. The Balaban J connectivity index is 4.57. The van der Waals surface area contributed by atoms with Gasteiger partial charge in [-0.2, -0.15) is 0 Å². The van der Waals surface area contributed by atoms with E-state index in [1.165, 1.54) is 5.73 Å². The fourth-order valence-electron chi connectivity index (χ4n) is 0.643. The van der Waals surface area contributed by atoms with Gasteiger partial charge in [-0.3, -0.25) is 5.73 Å². The van der Waals surface area contributed by atoms with E-state index < -0.39 is 30.6 Å². The molecule has 0 heterocycles. The highest BCUT2D eigenvalue weighted by atomic mass is 16.4. The maximum absolute atomic E-state index is 10.0. The Hall–Kier alpha value is -0.570. The van der Waals surface area contributed by atoms with Crippen LogP contribution in [0.25, 0.3) is 0 Å². The molecule has 0 aliphatic heterocycles. The summed E-state index contributed by atoms with van der Waals surface area (Å²) in [4.78, 5) is 10.0. The third-order valence-electron chi connectivity index (χ3n) is 1.54. The monoisotopic (exact) mass is 196 g/mol. The van der Waals surface area contributed by atoms with Gasteiger partial charge in [0.2, 0.25) is 0 Å². The van der Waals surface area contributed by atoms with E-state index >= 15 is 0 Å². The van der Waals surface area contributed by atoms with Gasteiger partial charge in [-0.05, 0) is 0 Å². The Morgan fingerprint density at radius 3 is 2.38 bits per heavy atom. The van der Waals surface area contributed by atoms with Crippen LogP contribution in [0, 0.1) is 0 Å². The topological polar surface area (TPSA) is 144 Å². The second kappa shape index (κ2) is 4.61. The smallest absolute Gasteiger partial charge is 0.165 e. The van der Waals surface area contributed by atoms with E-state index in [1.54, 1.807) is 0 Å². The predicted octanol–water partition coefficient (Wildman–Crippen LogP) is -4.09. The van der Waals surface area contributed by atoms with Crippen LogP contribution in [0.1, 0.15) is 0 Å². The van der Waals surface area contributed by atoms with Crippen LogP contribution in [0.15, 0.2) is 0 Å². The summed E-state index contributed by atoms with van der Waals surface area (Å²) < 4.78 is 6.58. The van der Waals surface area contributed by atoms with Crippen molar-refractivity contribution in [1.82, 2.24) is 0 Å². The van der Waals surface area contributed by atoms with E-state index in [2.05, 4.69) is 0 Å². The van der Waals surface area contributed by atoms with E-state index in [1.807, 2.05) is 0 Å². The maximum Gasteiger partial charge on any atom is 0.165 e. The first-order valence-electron chi connectivity index (χ1n) is 3.94. The van der Waals surface area contributed by atoms with Gasteiger partial charge < -0.3 is 30.3 Å². The number of hydrogen-bond acceptors (Lipinski definition) is 7. The summed E-state index contributed by atoms with van der Waals surface area (Å²) >= 11 is 0. The number of hydrogen-bond donors (Lipinski definition) is 6. The molecule has 0 aromatic rings. The van der Waals surface area contributed by atoms with Gasteiger partial charge in [-0.25, -0.2) is 0 Å². The molecule has 0 radical (unpaired) electrons. The summed E-state index contributed by atoms with van der Waals surface area (Å²) in [5, 5.41) is 44.8. The zero-order valence-electron chi connectivity index (χ0n) is 7.66. The van der Waals surface area contributed by atoms with Gasteiger partial charge in [0.15, 0.2) is 12.0 Å². The average Bonchev–Trinajstić information content (AvgIpc) is 2.24. The molecule has 0 spiro atoms. The molecule has 7 nitrogen and oxygen atoms in total. The van der Waals surface area contributed by atoms with Gasteiger partial charge in [-0.1, -0.05) is 0 Å². The van der Waals surface area contributed by atoms with Crippen LogP contribution >= 0.6 is 0 Å². The zero-order chi connectivity index (χ0) is 11.4. The third-order valence-corrected chi connectivity index (χ3v) is 1.54. The molecule has 0 aliphatic carbocycles. The summed E-state index contributed by atoms with van der Waals surface area (Å²) in [6, 6.07) is 0. The van der Waals surface area contributed by atoms with Gasteiger partial charge in [-0.15, -0.1) is 0 Å². The lowest BCUT2D eigenvalue weighted by Crippen LogP contribution is -2.60. The fourth-order valence-corrected chi connectivity index (χ4v) is 0.643. The van der Waals surface area contributed by atoms with Crippen molar-refractivity contribution in [2.45, 2.75) is 24.0 Å². The highest BCUT2D eigenvalue weighted by molar-refractivity contribution is 5.56. The van der Waals surface area contributed by atoms with E-state index in [0.29, 0.717) is 0 Å². The number of aliphatic hydroxyl groups is 5. The molecule has 0 fully saturated rings. The molecule has 0 unspecified atom stereocenters. The minimum atomic E-state index is -2.50. The van der Waals surface area contributed by atoms with Crippen molar-refractivity contribution < 1.29 is 31.7 Å². The van der Waals surface area contributed by atoms with Crippen molar-refractivity contribution in [1.29, 1.82) is 0 Å². The summed E-state index contributed by atoms with van der Waals surface area (Å²) in [5.41, 5.74) is -1.09. The van der Waals surface area contributed by atoms with E-state index in [9.17, 15) is 15.0 Å². The first-order valence-corrected chi connectivity index (χ1v) is 3.44. The number of aliphatic hydroxyl groups excluding tert-OH is 4. The Labute approximate surface area is 75.5 Å². The molecule has 7 heteroatoms. The number of nitrogens with two attached hydrogens (primary N) is 1. The number of aldehydes is 1. The molecule has 0 amide bonds. The van der Waals surface area contributed by atoms with Crippen molar-refractivity contribution in [2.24, 2.45) is 5.73 Å². The lowest BCUT2D eigenvalue weighted by molar-refractivity contribution is -0.166. The summed E-state index contributed by atoms with van der Waals surface area (Å²) in [5.74, 6) is 0. The number of carbonyl (C=O) groups is 1. The minimum Gasteiger partial charge on any atom is -0.392 e. The molecule has 0 aromatic heterocycles. The van der Waals surface area contributed by atoms with Crippen molar-refractivity contribution in [3.63, 3.8) is 0 Å². The van der Waals surface area contributed by atoms with Crippen LogP contribution < -0.4 is 5.73 Å². The van der Waals surface area contributed by atoms with Crippen molar-refractivity contribution in [3.8, 4) is 0 Å². The molecule has 0 aliphatic rings. The van der Waals surface area contributed by atoms with Crippen molar-refractivity contribution >= 4 is 6.29 Å². The van der Waals surface area contributed by atoms with E-state index in [-0.39, 0.29) is 6.29 Å². The normalized spacial score (nSPS) is 23.9. The standard InChI is InChI=1S/C6H13NO6/c7-6(13,2-9)5(12)4(11)3(10)1-8/h1,3-5,9-13H,2,7H2/t3-,4-,5+,6-/m1/s1/i/hD. The first-order chi connectivity index (χ1) is 6.42. The number of carbonyl (C=O) groups excluding carboxylic acids is 1. The van der Waals surface area contributed by atoms with Crippen molar-refractivity contribution in [3.05, 3.63) is 0 Å². The maximum atomic E-state index is 10.0. The lowest BCUT2D eigenvalue weighted by Gasteiger charge is -2.30. The largest absolute Gasteiger partial charge is 0.392 e. The van der Waals surface area contributed by atoms with Crippen LogP contribution in [0.4, 0.5) is 0 Å². The number of rotatable bonds is 6. The van der Waals surface area contributed by atoms with Crippen molar-refractivity contribution in [2.75, 3.05) is 6.61 Å². The Kier molecular flexibility index (Phi) is 3.72. The first kappa shape index (κ1) is 10.5. The average molecular weight is 196 g/mol. The summed E-state index contributed by atoms with van der Waals surface area (Å²) in [6.45, 7) is -1.07. The van der Waals surface area contributed by atoms with Gasteiger partial charge in [0.05, 0.1) is 6.61 Å². The van der Waals surface area contributed by atoms with Crippen LogP contribution in [-0.2, 0) is 4.79 Å². The van der Waals surface area contributed by atoms with Gasteiger partial charge in [0.1, 0.15) is 19.7 Å². The van der Waals surface area contributed by atoms with Crippen LogP contribution in [0.3, 0.4) is 0 Å². The summed E-state index contributed by atoms with van der Waals surface area (Å²) in [6.07, 6.45) is -6.03. The Morgan fingerprint density at radius 1 is 1.54 bits per heavy atom. The molecule has 7 N–H and O–H groups in total. The minimum absolute atomic E-state index is 0.0460. The SMILES string of the molecule is [2H]N[C@@](O)(CO)[C@@H](O)[C@H](O)[C@H](O)C=O. The molecule has 4 atom stereocenters. The van der Waals surface area contributed by atoms with Gasteiger partial charge >= 0.3 is 0 Å². The van der Waals surface area contributed by atoms with Crippen LogP contribution in [0.5, 0.6) is 0 Å². The zero-order valence-corrected chi connectivity index (χ0v) is 6.66. The van der Waals surface area contributed by atoms with Gasteiger partial charge in [0.25, 0.3) is 0 Å². The Bertz CT molecular complexity index is 187. The molecule has 0 rings (SSSR count). The van der Waals surface area contributed by atoms with E-state index in [4.69, 9.17) is 16.7 Å². The molecule has 0 saturated carbocycles. The highest BCUT2D eigenvalue weighted by Crippen LogP contribution is 2.09. The second-order valence-electron chi connectivity index (χ2n) is 2.64. The van der Waals surface area contributed by atoms with E-state index in [0.717, 1.165) is 0 Å². The second-order valence-corrected chi connectivity index (χ2v) is 2.64. The lowest BCUT2D eigenvalue weighted by atomic mass is 9.99. The fraction of sp³-hybridized carbons (Fsp3) is 0.833. The molecule has 0 bridgehead atoms. The highest BCUT2D eigenvalue weighted by Gasteiger charge is 2.39. The molecule has 13 heavy (non-hydrogen) atoms.